The van der Waals surface area contributed by atoms with Crippen molar-refractivity contribution >= 4 is 11.6 Å². The molecule has 1 aromatic rings. The molecule has 0 unspecified atom stereocenters. The molecule has 0 bridgehead atoms. The number of nitrogens with one attached hydrogen (secondary N) is 1. The summed E-state index contributed by atoms with van der Waals surface area (Å²) in [6, 6.07) is 4.93. The Morgan fingerprint density at radius 2 is 2.11 bits per heavy atom. The molecule has 0 radical (unpaired) electrons. The maximum Gasteiger partial charge on any atom is 0.125 e. The van der Waals surface area contributed by atoms with Gasteiger partial charge in [-0.3, -0.25) is 4.90 Å². The van der Waals surface area contributed by atoms with Gasteiger partial charge < -0.3 is 5.32 Å². The van der Waals surface area contributed by atoms with Crippen molar-refractivity contribution in [3.8, 4) is 0 Å². The van der Waals surface area contributed by atoms with Gasteiger partial charge in [0.05, 0.1) is 0 Å². The van der Waals surface area contributed by atoms with E-state index < -0.39 is 0 Å². The van der Waals surface area contributed by atoms with E-state index in [9.17, 15) is 4.39 Å². The molecule has 2 nitrogen and oxygen atoms in total. The second-order valence-electron chi connectivity index (χ2n) is 4.53. The van der Waals surface area contributed by atoms with Crippen LogP contribution < -0.4 is 5.32 Å². The highest BCUT2D eigenvalue weighted by atomic mass is 35.5. The predicted molar refractivity (Wildman–Crippen MR) is 73.4 cm³/mol. The molecule has 0 amide bonds. The van der Waals surface area contributed by atoms with Gasteiger partial charge in [0.25, 0.3) is 0 Å². The Morgan fingerprint density at radius 1 is 1.39 bits per heavy atom. The zero-order chi connectivity index (χ0) is 13.0. The Morgan fingerprint density at radius 3 is 2.72 bits per heavy atom. The van der Waals surface area contributed by atoms with Gasteiger partial charge in [-0.1, -0.05) is 17.7 Å². The van der Waals surface area contributed by atoms with Gasteiger partial charge in [-0.15, -0.1) is 6.58 Å². The molecule has 2 rings (SSSR count). The van der Waals surface area contributed by atoms with Crippen molar-refractivity contribution in [1.82, 2.24) is 10.2 Å². The van der Waals surface area contributed by atoms with E-state index >= 15 is 0 Å². The number of hydrogen-bond donors (Lipinski definition) is 1. The normalized spacial score (nSPS) is 18.6. The van der Waals surface area contributed by atoms with Crippen LogP contribution in [0.15, 0.2) is 30.9 Å². The molecule has 1 atom stereocenters. The van der Waals surface area contributed by atoms with Gasteiger partial charge in [-0.25, -0.2) is 4.39 Å². The van der Waals surface area contributed by atoms with Crippen molar-refractivity contribution in [2.75, 3.05) is 26.2 Å². The molecular weight excluding hydrogens is 251 g/mol. The quantitative estimate of drug-likeness (QED) is 0.845. The molecule has 0 spiro atoms. The summed E-state index contributed by atoms with van der Waals surface area (Å²) in [5.41, 5.74) is 0.932. The first-order valence-electron chi connectivity index (χ1n) is 6.22. The van der Waals surface area contributed by atoms with Gasteiger partial charge in [-0.05, 0) is 30.2 Å². The van der Waals surface area contributed by atoms with Crippen LogP contribution in [-0.2, 0) is 0 Å². The molecule has 0 aromatic heterocycles. The Bertz CT molecular complexity index is 396. The molecule has 0 saturated carbocycles. The Hall–Kier alpha value is -0.900. The van der Waals surface area contributed by atoms with E-state index in [0.717, 1.165) is 38.2 Å². The first-order valence-corrected chi connectivity index (χ1v) is 6.60. The Balaban J connectivity index is 2.24. The molecule has 18 heavy (non-hydrogen) atoms. The lowest BCUT2D eigenvalue weighted by atomic mass is 10.0. The number of halogens is 2. The first kappa shape index (κ1) is 13.5. The van der Waals surface area contributed by atoms with E-state index in [1.807, 2.05) is 12.1 Å². The summed E-state index contributed by atoms with van der Waals surface area (Å²) < 4.78 is 13.5. The topological polar surface area (TPSA) is 15.3 Å². The van der Waals surface area contributed by atoms with Gasteiger partial charge in [-0.2, -0.15) is 0 Å². The zero-order valence-corrected chi connectivity index (χ0v) is 11.1. The van der Waals surface area contributed by atoms with Crippen LogP contribution in [-0.4, -0.2) is 31.1 Å². The van der Waals surface area contributed by atoms with Crippen LogP contribution in [0, 0.1) is 5.82 Å². The summed E-state index contributed by atoms with van der Waals surface area (Å²) >= 11 is 5.94. The minimum Gasteiger partial charge on any atom is -0.314 e. The van der Waals surface area contributed by atoms with E-state index in [2.05, 4.69) is 16.8 Å². The third-order valence-electron chi connectivity index (χ3n) is 3.25. The average Bonchev–Trinajstić information content (AvgIpc) is 2.36. The summed E-state index contributed by atoms with van der Waals surface area (Å²) in [4.78, 5) is 2.35. The van der Waals surface area contributed by atoms with E-state index in [1.54, 1.807) is 6.07 Å². The molecule has 1 fully saturated rings. The number of nitrogens with zero attached hydrogens (tertiary/aromatic N) is 1. The molecule has 1 aromatic carbocycles. The fourth-order valence-corrected chi connectivity index (χ4v) is 2.65. The highest BCUT2D eigenvalue weighted by molar-refractivity contribution is 6.30. The molecule has 1 aliphatic rings. The number of hydrogen-bond acceptors (Lipinski definition) is 2. The summed E-state index contributed by atoms with van der Waals surface area (Å²) in [5, 5.41) is 3.77. The highest BCUT2D eigenvalue weighted by Crippen LogP contribution is 2.28. The minimum absolute atomic E-state index is 0.165. The van der Waals surface area contributed by atoms with Crippen LogP contribution in [0.2, 0.25) is 5.02 Å². The molecular formula is C14H18ClFN2. The molecule has 4 heteroatoms. The van der Waals surface area contributed by atoms with E-state index in [-0.39, 0.29) is 11.9 Å². The van der Waals surface area contributed by atoms with Crippen molar-refractivity contribution in [2.45, 2.75) is 12.5 Å². The summed E-state index contributed by atoms with van der Waals surface area (Å²) in [5.74, 6) is -0.276. The summed E-state index contributed by atoms with van der Waals surface area (Å²) in [6.07, 6.45) is 2.69. The smallest absolute Gasteiger partial charge is 0.125 e. The minimum atomic E-state index is -0.276. The number of piperazine rings is 1. The molecule has 98 valence electrons. The lowest BCUT2D eigenvalue weighted by Gasteiger charge is -2.34. The fraction of sp³-hybridized carbons (Fsp3) is 0.429. The maximum atomic E-state index is 13.5. The zero-order valence-electron chi connectivity index (χ0n) is 10.3. The van der Waals surface area contributed by atoms with Crippen LogP contribution in [0.3, 0.4) is 0 Å². The van der Waals surface area contributed by atoms with Crippen molar-refractivity contribution in [1.29, 1.82) is 0 Å². The first-order chi connectivity index (χ1) is 8.70. The fourth-order valence-electron chi connectivity index (χ4n) is 2.42. The molecule has 1 aliphatic heterocycles. The Labute approximate surface area is 112 Å². The number of rotatable bonds is 4. The third-order valence-corrected chi connectivity index (χ3v) is 3.47. The average molecular weight is 269 g/mol. The van der Waals surface area contributed by atoms with Crippen LogP contribution in [0.4, 0.5) is 4.39 Å². The standard InChI is InChI=1S/C14H18ClFN2/c1-2-3-14(18-6-4-17-5-7-18)11-8-12(15)10-13(16)9-11/h2,8-10,14,17H,1,3-7H2/t14-/m0/s1. The number of benzene rings is 1. The van der Waals surface area contributed by atoms with Gasteiger partial charge in [0.15, 0.2) is 0 Å². The van der Waals surface area contributed by atoms with Crippen molar-refractivity contribution < 1.29 is 4.39 Å². The predicted octanol–water partition coefficient (Wildman–Crippen LogP) is 3.00. The van der Waals surface area contributed by atoms with Gasteiger partial charge in [0.2, 0.25) is 0 Å². The van der Waals surface area contributed by atoms with Crippen LogP contribution in [0.5, 0.6) is 0 Å². The van der Waals surface area contributed by atoms with Gasteiger partial charge in [0.1, 0.15) is 5.82 Å². The van der Waals surface area contributed by atoms with Crippen LogP contribution >= 0.6 is 11.6 Å². The van der Waals surface area contributed by atoms with Crippen molar-refractivity contribution in [3.05, 3.63) is 47.3 Å². The highest BCUT2D eigenvalue weighted by Gasteiger charge is 2.21. The van der Waals surface area contributed by atoms with Crippen molar-refractivity contribution in [3.63, 3.8) is 0 Å². The van der Waals surface area contributed by atoms with Crippen LogP contribution in [0.25, 0.3) is 0 Å². The maximum absolute atomic E-state index is 13.5. The van der Waals surface area contributed by atoms with Gasteiger partial charge in [0, 0.05) is 37.2 Å². The van der Waals surface area contributed by atoms with E-state index in [4.69, 9.17) is 11.6 Å². The van der Waals surface area contributed by atoms with Gasteiger partial charge >= 0.3 is 0 Å². The SMILES string of the molecule is C=CC[C@@H](c1cc(F)cc(Cl)c1)N1CCNCC1. The Kier molecular flexibility index (Phi) is 4.75. The van der Waals surface area contributed by atoms with E-state index in [0.29, 0.717) is 5.02 Å². The van der Waals surface area contributed by atoms with Crippen molar-refractivity contribution in [2.24, 2.45) is 0 Å². The molecule has 1 saturated heterocycles. The second-order valence-corrected chi connectivity index (χ2v) is 4.97. The van der Waals surface area contributed by atoms with E-state index in [1.165, 1.54) is 6.07 Å². The lowest BCUT2D eigenvalue weighted by molar-refractivity contribution is 0.174. The molecule has 1 heterocycles. The summed E-state index contributed by atoms with van der Waals surface area (Å²) in [7, 11) is 0. The lowest BCUT2D eigenvalue weighted by Crippen LogP contribution is -2.45. The third kappa shape index (κ3) is 3.31. The summed E-state index contributed by atoms with van der Waals surface area (Å²) in [6.45, 7) is 7.66. The largest absolute Gasteiger partial charge is 0.314 e. The van der Waals surface area contributed by atoms with Crippen LogP contribution in [0.1, 0.15) is 18.0 Å². The molecule has 1 N–H and O–H groups in total. The second kappa shape index (κ2) is 6.32. The monoisotopic (exact) mass is 268 g/mol. The molecule has 0 aliphatic carbocycles.